The monoisotopic (exact) mass is 423 g/mol. The number of halogens is 1. The molecule has 0 unspecified atom stereocenters. The lowest BCUT2D eigenvalue weighted by Crippen LogP contribution is -2.24. The smallest absolute Gasteiger partial charge is 0.136 e. The van der Waals surface area contributed by atoms with Crippen LogP contribution in [0.2, 0.25) is 0 Å². The molecule has 1 fully saturated rings. The maximum absolute atomic E-state index is 14.9. The Kier molecular flexibility index (Phi) is 6.99. The molecule has 5 nitrogen and oxygen atoms in total. The van der Waals surface area contributed by atoms with Crippen LogP contribution in [0, 0.1) is 11.7 Å². The minimum absolute atomic E-state index is 0.330. The average Bonchev–Trinajstić information content (AvgIpc) is 3.22. The van der Waals surface area contributed by atoms with E-state index in [0.717, 1.165) is 56.2 Å². The van der Waals surface area contributed by atoms with Crippen molar-refractivity contribution >= 4 is 0 Å². The molecule has 31 heavy (non-hydrogen) atoms. The van der Waals surface area contributed by atoms with Gasteiger partial charge in [0.2, 0.25) is 0 Å². The van der Waals surface area contributed by atoms with Crippen LogP contribution in [0.4, 0.5) is 4.39 Å². The Hall–Kier alpha value is -2.70. The van der Waals surface area contributed by atoms with Crippen molar-refractivity contribution in [2.24, 2.45) is 5.92 Å². The Morgan fingerprint density at radius 3 is 2.65 bits per heavy atom. The van der Waals surface area contributed by atoms with Crippen LogP contribution in [0.15, 0.2) is 54.7 Å². The molecule has 0 aliphatic carbocycles. The standard InChI is InChI=1S/C25H30FN3O2/c1-28(13-10-19-11-14-31-15-12-19)17-20-18-29(21-6-4-3-5-7-21)27-25(20)23-9-8-22(30-2)16-24(23)26/h3-9,16,18-19H,10-15,17H2,1-2H3. The number of methoxy groups -OCH3 is 1. The largest absolute Gasteiger partial charge is 0.497 e. The van der Waals surface area contributed by atoms with Crippen LogP contribution in [0.3, 0.4) is 0 Å². The lowest BCUT2D eigenvalue weighted by atomic mass is 9.96. The van der Waals surface area contributed by atoms with Gasteiger partial charge in [0.15, 0.2) is 0 Å². The van der Waals surface area contributed by atoms with Crippen molar-refractivity contribution < 1.29 is 13.9 Å². The molecule has 2 aromatic carbocycles. The lowest BCUT2D eigenvalue weighted by Gasteiger charge is -2.24. The summed E-state index contributed by atoms with van der Waals surface area (Å²) in [4.78, 5) is 2.30. The van der Waals surface area contributed by atoms with Crippen LogP contribution in [-0.4, -0.2) is 48.6 Å². The molecule has 164 valence electrons. The number of nitrogens with zero attached hydrogens (tertiary/aromatic N) is 3. The minimum atomic E-state index is -0.330. The second-order valence-electron chi connectivity index (χ2n) is 8.21. The van der Waals surface area contributed by atoms with Gasteiger partial charge in [-0.05, 0) is 63.0 Å². The van der Waals surface area contributed by atoms with Gasteiger partial charge in [0.25, 0.3) is 0 Å². The molecule has 0 radical (unpaired) electrons. The van der Waals surface area contributed by atoms with E-state index in [-0.39, 0.29) is 5.82 Å². The van der Waals surface area contributed by atoms with E-state index in [4.69, 9.17) is 14.6 Å². The average molecular weight is 424 g/mol. The number of ether oxygens (including phenoxy) is 2. The summed E-state index contributed by atoms with van der Waals surface area (Å²) < 4.78 is 27.4. The molecule has 1 aromatic heterocycles. The zero-order valence-electron chi connectivity index (χ0n) is 18.3. The Labute approximate surface area is 183 Å². The van der Waals surface area contributed by atoms with Gasteiger partial charge in [0.05, 0.1) is 12.8 Å². The van der Waals surface area contributed by atoms with Crippen molar-refractivity contribution in [2.75, 3.05) is 33.9 Å². The molecule has 4 rings (SSSR count). The van der Waals surface area contributed by atoms with Crippen LogP contribution in [-0.2, 0) is 11.3 Å². The van der Waals surface area contributed by atoms with Crippen LogP contribution < -0.4 is 4.74 Å². The Morgan fingerprint density at radius 1 is 1.16 bits per heavy atom. The SMILES string of the molecule is COc1ccc(-c2nn(-c3ccccc3)cc2CN(C)CCC2CCOCC2)c(F)c1. The van der Waals surface area contributed by atoms with Crippen molar-refractivity contribution in [3.8, 4) is 22.7 Å². The Bertz CT molecular complexity index is 984. The summed E-state index contributed by atoms with van der Waals surface area (Å²) in [6.07, 6.45) is 5.45. The van der Waals surface area contributed by atoms with E-state index < -0.39 is 0 Å². The highest BCUT2D eigenvalue weighted by Gasteiger charge is 2.19. The lowest BCUT2D eigenvalue weighted by molar-refractivity contribution is 0.0608. The molecule has 6 heteroatoms. The third-order valence-electron chi connectivity index (χ3n) is 5.94. The van der Waals surface area contributed by atoms with E-state index in [1.165, 1.54) is 13.2 Å². The van der Waals surface area contributed by atoms with Crippen LogP contribution in [0.1, 0.15) is 24.8 Å². The van der Waals surface area contributed by atoms with Gasteiger partial charge >= 0.3 is 0 Å². The molecule has 0 amide bonds. The van der Waals surface area contributed by atoms with Crippen molar-refractivity contribution in [2.45, 2.75) is 25.8 Å². The third kappa shape index (κ3) is 5.32. The summed E-state index contributed by atoms with van der Waals surface area (Å²) in [6.45, 7) is 3.45. The number of hydrogen-bond acceptors (Lipinski definition) is 4. The molecular formula is C25H30FN3O2. The van der Waals surface area contributed by atoms with E-state index >= 15 is 0 Å². The topological polar surface area (TPSA) is 39.5 Å². The maximum Gasteiger partial charge on any atom is 0.136 e. The van der Waals surface area contributed by atoms with Crippen LogP contribution >= 0.6 is 0 Å². The molecule has 1 aliphatic heterocycles. The van der Waals surface area contributed by atoms with Crippen LogP contribution in [0.25, 0.3) is 16.9 Å². The Balaban J connectivity index is 1.58. The second kappa shape index (κ2) is 10.1. The molecule has 0 bridgehead atoms. The normalized spacial score (nSPS) is 14.8. The van der Waals surface area contributed by atoms with Gasteiger partial charge in [0, 0.05) is 43.1 Å². The van der Waals surface area contributed by atoms with Gasteiger partial charge in [-0.1, -0.05) is 18.2 Å². The first-order valence-corrected chi connectivity index (χ1v) is 10.9. The second-order valence-corrected chi connectivity index (χ2v) is 8.21. The van der Waals surface area contributed by atoms with Crippen molar-refractivity contribution in [3.63, 3.8) is 0 Å². The van der Waals surface area contributed by atoms with E-state index in [1.54, 1.807) is 12.1 Å². The third-order valence-corrected chi connectivity index (χ3v) is 5.94. The van der Waals surface area contributed by atoms with Crippen molar-refractivity contribution in [1.82, 2.24) is 14.7 Å². The summed E-state index contributed by atoms with van der Waals surface area (Å²) in [5.41, 5.74) is 3.11. The minimum Gasteiger partial charge on any atom is -0.497 e. The fourth-order valence-electron chi connectivity index (χ4n) is 4.09. The molecule has 0 N–H and O–H groups in total. The predicted molar refractivity (Wildman–Crippen MR) is 120 cm³/mol. The first kappa shape index (κ1) is 21.5. The zero-order chi connectivity index (χ0) is 21.6. The number of aromatic nitrogens is 2. The molecule has 0 atom stereocenters. The molecule has 3 aromatic rings. The summed E-state index contributed by atoms with van der Waals surface area (Å²) >= 11 is 0. The zero-order valence-corrected chi connectivity index (χ0v) is 18.3. The number of hydrogen-bond donors (Lipinski definition) is 0. The molecule has 0 spiro atoms. The van der Waals surface area contributed by atoms with Gasteiger partial charge in [-0.2, -0.15) is 5.10 Å². The van der Waals surface area contributed by atoms with Gasteiger partial charge in [-0.15, -0.1) is 0 Å². The number of benzene rings is 2. The first-order chi connectivity index (χ1) is 15.1. The van der Waals surface area contributed by atoms with Gasteiger partial charge in [0.1, 0.15) is 17.3 Å². The first-order valence-electron chi connectivity index (χ1n) is 10.9. The summed E-state index contributed by atoms with van der Waals surface area (Å²) in [6, 6.07) is 14.9. The predicted octanol–water partition coefficient (Wildman–Crippen LogP) is 4.94. The summed E-state index contributed by atoms with van der Waals surface area (Å²) in [7, 11) is 3.66. The van der Waals surface area contributed by atoms with Gasteiger partial charge in [-0.3, -0.25) is 0 Å². The number of para-hydroxylation sites is 1. The van der Waals surface area contributed by atoms with E-state index in [0.29, 0.717) is 23.6 Å². The van der Waals surface area contributed by atoms with E-state index in [9.17, 15) is 4.39 Å². The molecule has 2 heterocycles. The van der Waals surface area contributed by atoms with Gasteiger partial charge in [-0.25, -0.2) is 9.07 Å². The fraction of sp³-hybridized carbons (Fsp3) is 0.400. The highest BCUT2D eigenvalue weighted by atomic mass is 19.1. The van der Waals surface area contributed by atoms with Gasteiger partial charge < -0.3 is 14.4 Å². The van der Waals surface area contributed by atoms with Crippen LogP contribution in [0.5, 0.6) is 5.75 Å². The van der Waals surface area contributed by atoms with Crippen molar-refractivity contribution in [3.05, 3.63) is 66.1 Å². The maximum atomic E-state index is 14.9. The molecule has 1 aliphatic rings. The fourth-order valence-corrected chi connectivity index (χ4v) is 4.09. The van der Waals surface area contributed by atoms with E-state index in [1.807, 2.05) is 41.2 Å². The molecular weight excluding hydrogens is 393 g/mol. The van der Waals surface area contributed by atoms with Crippen molar-refractivity contribution in [1.29, 1.82) is 0 Å². The highest BCUT2D eigenvalue weighted by molar-refractivity contribution is 5.65. The highest BCUT2D eigenvalue weighted by Crippen LogP contribution is 2.30. The summed E-state index contributed by atoms with van der Waals surface area (Å²) in [5, 5.41) is 4.76. The Morgan fingerprint density at radius 2 is 1.94 bits per heavy atom. The molecule has 1 saturated heterocycles. The summed E-state index contributed by atoms with van der Waals surface area (Å²) in [5.74, 6) is 0.893. The molecule has 0 saturated carbocycles. The quantitative estimate of drug-likeness (QED) is 0.515. The number of rotatable bonds is 8. The van der Waals surface area contributed by atoms with E-state index in [2.05, 4.69) is 11.9 Å².